The van der Waals surface area contributed by atoms with Gasteiger partial charge in [0.15, 0.2) is 15.9 Å². The molecular formula is C16H20BrN5O3. The lowest BCUT2D eigenvalue weighted by Gasteiger charge is -2.23. The van der Waals surface area contributed by atoms with Crippen LogP contribution in [0.2, 0.25) is 0 Å². The zero-order valence-corrected chi connectivity index (χ0v) is 16.0. The standard InChI is InChI=1S/C16H20BrN5O3/c1-4-21(10-7-5-6-8-10)11(23)9-22-13-12(18-15(22)17)14(24)20(3)16(25)19(13)2/h7H,4-6,8-9H2,1-3H3. The second-order valence-electron chi connectivity index (χ2n) is 6.07. The van der Waals surface area contributed by atoms with Gasteiger partial charge < -0.3 is 4.90 Å². The van der Waals surface area contributed by atoms with Crippen LogP contribution in [0.15, 0.2) is 26.1 Å². The number of aryl methyl sites for hydroxylation is 1. The van der Waals surface area contributed by atoms with Crippen LogP contribution in [0.3, 0.4) is 0 Å². The van der Waals surface area contributed by atoms with Crippen LogP contribution >= 0.6 is 15.9 Å². The summed E-state index contributed by atoms with van der Waals surface area (Å²) < 4.78 is 4.27. The van der Waals surface area contributed by atoms with Crippen molar-refractivity contribution in [3.8, 4) is 0 Å². The monoisotopic (exact) mass is 409 g/mol. The molecule has 1 amide bonds. The average molecular weight is 410 g/mol. The smallest absolute Gasteiger partial charge is 0.315 e. The lowest BCUT2D eigenvalue weighted by atomic mass is 10.3. The van der Waals surface area contributed by atoms with Gasteiger partial charge in [-0.15, -0.1) is 0 Å². The Morgan fingerprint density at radius 1 is 1.32 bits per heavy atom. The molecule has 0 aliphatic heterocycles. The Morgan fingerprint density at radius 2 is 2.04 bits per heavy atom. The largest absolute Gasteiger partial charge is 0.332 e. The third kappa shape index (κ3) is 2.86. The molecule has 9 heteroatoms. The zero-order valence-electron chi connectivity index (χ0n) is 14.5. The lowest BCUT2D eigenvalue weighted by molar-refractivity contribution is -0.129. The van der Waals surface area contributed by atoms with E-state index in [-0.39, 0.29) is 18.0 Å². The quantitative estimate of drug-likeness (QED) is 0.708. The van der Waals surface area contributed by atoms with E-state index < -0.39 is 11.2 Å². The first-order valence-electron chi connectivity index (χ1n) is 8.18. The molecular weight excluding hydrogens is 390 g/mol. The minimum absolute atomic E-state index is 0.00269. The number of allylic oxidation sites excluding steroid dienone is 2. The number of fused-ring (bicyclic) bond motifs is 1. The third-order valence-electron chi connectivity index (χ3n) is 4.57. The van der Waals surface area contributed by atoms with Crippen LogP contribution in [0.4, 0.5) is 0 Å². The summed E-state index contributed by atoms with van der Waals surface area (Å²) >= 11 is 3.31. The molecule has 25 heavy (non-hydrogen) atoms. The normalized spacial score (nSPS) is 14.2. The molecule has 134 valence electrons. The highest BCUT2D eigenvalue weighted by molar-refractivity contribution is 9.10. The molecule has 0 bridgehead atoms. The minimum atomic E-state index is -0.476. The molecule has 0 fully saturated rings. The molecule has 0 atom stereocenters. The summed E-state index contributed by atoms with van der Waals surface area (Å²) in [5.74, 6) is -0.0937. The number of imidazole rings is 1. The Labute approximate surface area is 152 Å². The minimum Gasteiger partial charge on any atom is -0.315 e. The van der Waals surface area contributed by atoms with Crippen LogP contribution in [0.5, 0.6) is 0 Å². The van der Waals surface area contributed by atoms with E-state index >= 15 is 0 Å². The van der Waals surface area contributed by atoms with Gasteiger partial charge in [-0.3, -0.25) is 23.3 Å². The molecule has 2 aromatic rings. The molecule has 0 spiro atoms. The van der Waals surface area contributed by atoms with Crippen LogP contribution in [-0.4, -0.2) is 36.0 Å². The molecule has 0 radical (unpaired) electrons. The van der Waals surface area contributed by atoms with Crippen molar-refractivity contribution in [3.63, 3.8) is 0 Å². The van der Waals surface area contributed by atoms with E-state index in [9.17, 15) is 14.4 Å². The van der Waals surface area contributed by atoms with Gasteiger partial charge in [0.05, 0.1) is 0 Å². The number of carbonyl (C=O) groups is 1. The van der Waals surface area contributed by atoms with Gasteiger partial charge in [-0.2, -0.15) is 0 Å². The Hall–Kier alpha value is -2.16. The number of aromatic nitrogens is 4. The van der Waals surface area contributed by atoms with Gasteiger partial charge in [0, 0.05) is 26.3 Å². The predicted molar refractivity (Wildman–Crippen MR) is 97.2 cm³/mol. The van der Waals surface area contributed by atoms with Crippen molar-refractivity contribution in [2.45, 2.75) is 32.7 Å². The van der Waals surface area contributed by atoms with Gasteiger partial charge in [-0.05, 0) is 42.1 Å². The molecule has 2 heterocycles. The topological polar surface area (TPSA) is 82.1 Å². The van der Waals surface area contributed by atoms with Gasteiger partial charge in [-0.25, -0.2) is 9.78 Å². The van der Waals surface area contributed by atoms with E-state index in [1.807, 2.05) is 6.92 Å². The molecule has 0 saturated carbocycles. The first-order valence-corrected chi connectivity index (χ1v) is 8.97. The lowest BCUT2D eigenvalue weighted by Crippen LogP contribution is -2.38. The number of halogens is 1. The van der Waals surface area contributed by atoms with Crippen LogP contribution < -0.4 is 11.2 Å². The number of carbonyl (C=O) groups excluding carboxylic acids is 1. The number of likely N-dealkylation sites (N-methyl/N-ethyl adjacent to an activating group) is 1. The summed E-state index contributed by atoms with van der Waals surface area (Å²) in [6.07, 6.45) is 5.03. The van der Waals surface area contributed by atoms with Crippen LogP contribution in [0, 0.1) is 0 Å². The fourth-order valence-electron chi connectivity index (χ4n) is 3.26. The van der Waals surface area contributed by atoms with E-state index in [1.54, 1.807) is 16.5 Å². The first-order chi connectivity index (χ1) is 11.9. The highest BCUT2D eigenvalue weighted by Gasteiger charge is 2.23. The highest BCUT2D eigenvalue weighted by atomic mass is 79.9. The number of hydrogen-bond acceptors (Lipinski definition) is 4. The fourth-order valence-corrected chi connectivity index (χ4v) is 3.73. The maximum atomic E-state index is 12.8. The summed E-state index contributed by atoms with van der Waals surface area (Å²) in [7, 11) is 2.98. The van der Waals surface area contributed by atoms with Gasteiger partial charge >= 0.3 is 5.69 Å². The molecule has 0 saturated heterocycles. The Bertz CT molecular complexity index is 998. The SMILES string of the molecule is CCN(C(=O)Cn1c(Br)nc2c(=O)n(C)c(=O)n(C)c21)C1=CCCC1. The van der Waals surface area contributed by atoms with Gasteiger partial charge in [0.2, 0.25) is 5.91 Å². The maximum Gasteiger partial charge on any atom is 0.332 e. The summed E-state index contributed by atoms with van der Waals surface area (Å²) in [5.41, 5.74) is 0.607. The number of amides is 1. The number of rotatable bonds is 4. The van der Waals surface area contributed by atoms with Gasteiger partial charge in [0.1, 0.15) is 6.54 Å². The highest BCUT2D eigenvalue weighted by Crippen LogP contribution is 2.23. The van der Waals surface area contributed by atoms with Crippen molar-refractivity contribution in [2.24, 2.45) is 14.1 Å². The molecule has 0 unspecified atom stereocenters. The van der Waals surface area contributed by atoms with Crippen LogP contribution in [-0.2, 0) is 25.4 Å². The Balaban J connectivity index is 2.07. The summed E-state index contributed by atoms with van der Waals surface area (Å²) in [4.78, 5) is 43.3. The van der Waals surface area contributed by atoms with E-state index in [1.165, 1.54) is 11.6 Å². The number of hydrogen-bond donors (Lipinski definition) is 0. The Kier molecular flexibility index (Phi) is 4.68. The van der Waals surface area contributed by atoms with E-state index in [0.29, 0.717) is 16.9 Å². The predicted octanol–water partition coefficient (Wildman–Crippen LogP) is 1.11. The maximum absolute atomic E-state index is 12.8. The fraction of sp³-hybridized carbons (Fsp3) is 0.500. The van der Waals surface area contributed by atoms with Crippen molar-refractivity contribution < 1.29 is 4.79 Å². The molecule has 0 N–H and O–H groups in total. The van der Waals surface area contributed by atoms with Gasteiger partial charge in [-0.1, -0.05) is 6.08 Å². The molecule has 2 aromatic heterocycles. The molecule has 1 aliphatic rings. The average Bonchev–Trinajstić information content (AvgIpc) is 3.21. The van der Waals surface area contributed by atoms with Crippen molar-refractivity contribution in [2.75, 3.05) is 6.54 Å². The second kappa shape index (κ2) is 6.62. The van der Waals surface area contributed by atoms with Crippen LogP contribution in [0.1, 0.15) is 26.2 Å². The Morgan fingerprint density at radius 3 is 2.64 bits per heavy atom. The molecule has 1 aliphatic carbocycles. The van der Waals surface area contributed by atoms with E-state index in [2.05, 4.69) is 27.0 Å². The molecule has 0 aromatic carbocycles. The van der Waals surface area contributed by atoms with E-state index in [4.69, 9.17) is 0 Å². The van der Waals surface area contributed by atoms with Crippen molar-refractivity contribution in [1.82, 2.24) is 23.6 Å². The van der Waals surface area contributed by atoms with Gasteiger partial charge in [0.25, 0.3) is 5.56 Å². The summed E-state index contributed by atoms with van der Waals surface area (Å²) in [6, 6.07) is 0. The summed E-state index contributed by atoms with van der Waals surface area (Å²) in [5, 5.41) is 0. The zero-order chi connectivity index (χ0) is 18.3. The van der Waals surface area contributed by atoms with Crippen LogP contribution in [0.25, 0.3) is 11.2 Å². The first kappa shape index (κ1) is 17.7. The number of nitrogens with zero attached hydrogens (tertiary/aromatic N) is 5. The van der Waals surface area contributed by atoms with Crippen molar-refractivity contribution in [3.05, 3.63) is 37.3 Å². The molecule has 8 nitrogen and oxygen atoms in total. The van der Waals surface area contributed by atoms with E-state index in [0.717, 1.165) is 29.5 Å². The third-order valence-corrected chi connectivity index (χ3v) is 5.17. The molecule has 3 rings (SSSR count). The second-order valence-corrected chi connectivity index (χ2v) is 6.78. The van der Waals surface area contributed by atoms with Crippen molar-refractivity contribution in [1.29, 1.82) is 0 Å². The summed E-state index contributed by atoms with van der Waals surface area (Å²) in [6.45, 7) is 2.52. The van der Waals surface area contributed by atoms with Crippen molar-refractivity contribution >= 4 is 33.0 Å².